The fourth-order valence-corrected chi connectivity index (χ4v) is 1.70. The van der Waals surface area contributed by atoms with Gasteiger partial charge in [-0.1, -0.05) is 18.2 Å². The van der Waals surface area contributed by atoms with Crippen LogP contribution in [0.1, 0.15) is 23.0 Å². The fraction of sp³-hybridized carbons (Fsp3) is 0.167. The Morgan fingerprint density at radius 3 is 2.79 bits per heavy atom. The number of hydrogen-bond donors (Lipinski definition) is 0. The first-order valence-corrected chi connectivity index (χ1v) is 4.55. The molecule has 1 heterocycles. The molecule has 0 N–H and O–H groups in total. The fourth-order valence-electron chi connectivity index (χ4n) is 1.70. The Balaban J connectivity index is 2.91. The SMILES string of the molecule is CC(=O)c1cccc2ccnc(C)c12. The Morgan fingerprint density at radius 1 is 1.29 bits per heavy atom. The number of rotatable bonds is 1. The molecule has 14 heavy (non-hydrogen) atoms. The molecule has 0 atom stereocenters. The van der Waals surface area contributed by atoms with E-state index in [0.717, 1.165) is 22.0 Å². The standard InChI is InChI=1S/C12H11NO/c1-8-12-10(6-7-13-8)4-3-5-11(12)9(2)14/h3-7H,1-2H3. The first-order chi connectivity index (χ1) is 6.70. The maximum absolute atomic E-state index is 11.4. The van der Waals surface area contributed by atoms with Gasteiger partial charge in [0.2, 0.25) is 0 Å². The Labute approximate surface area is 82.6 Å². The van der Waals surface area contributed by atoms with Crippen molar-refractivity contribution in [1.82, 2.24) is 4.98 Å². The molecule has 0 bridgehead atoms. The van der Waals surface area contributed by atoms with Crippen molar-refractivity contribution in [1.29, 1.82) is 0 Å². The van der Waals surface area contributed by atoms with E-state index in [4.69, 9.17) is 0 Å². The van der Waals surface area contributed by atoms with Crippen LogP contribution < -0.4 is 0 Å². The minimum absolute atomic E-state index is 0.0895. The van der Waals surface area contributed by atoms with Gasteiger partial charge in [-0.2, -0.15) is 0 Å². The summed E-state index contributed by atoms with van der Waals surface area (Å²) in [7, 11) is 0. The molecular formula is C12H11NO. The van der Waals surface area contributed by atoms with E-state index in [1.807, 2.05) is 31.2 Å². The van der Waals surface area contributed by atoms with Crippen LogP contribution in [0, 0.1) is 6.92 Å². The molecule has 2 aromatic rings. The van der Waals surface area contributed by atoms with Gasteiger partial charge in [0.15, 0.2) is 5.78 Å². The van der Waals surface area contributed by atoms with Crippen LogP contribution >= 0.6 is 0 Å². The predicted molar refractivity (Wildman–Crippen MR) is 56.5 cm³/mol. The third-order valence-corrected chi connectivity index (χ3v) is 2.36. The number of hydrogen-bond acceptors (Lipinski definition) is 2. The number of nitrogens with zero attached hydrogens (tertiary/aromatic N) is 1. The highest BCUT2D eigenvalue weighted by molar-refractivity contribution is 6.07. The van der Waals surface area contributed by atoms with Gasteiger partial charge in [-0.05, 0) is 25.3 Å². The maximum atomic E-state index is 11.4. The highest BCUT2D eigenvalue weighted by atomic mass is 16.1. The summed E-state index contributed by atoms with van der Waals surface area (Å²) in [4.78, 5) is 15.6. The lowest BCUT2D eigenvalue weighted by atomic mass is 10.0. The minimum Gasteiger partial charge on any atom is -0.294 e. The molecule has 2 heteroatoms. The zero-order valence-electron chi connectivity index (χ0n) is 8.24. The normalized spacial score (nSPS) is 10.4. The van der Waals surface area contributed by atoms with Crippen LogP contribution in [0.2, 0.25) is 0 Å². The maximum Gasteiger partial charge on any atom is 0.160 e. The van der Waals surface area contributed by atoms with E-state index in [1.54, 1.807) is 13.1 Å². The Kier molecular flexibility index (Phi) is 2.04. The first kappa shape index (κ1) is 8.88. The van der Waals surface area contributed by atoms with Gasteiger partial charge >= 0.3 is 0 Å². The summed E-state index contributed by atoms with van der Waals surface area (Å²) in [5, 5.41) is 2.05. The van der Waals surface area contributed by atoms with E-state index in [9.17, 15) is 4.79 Å². The average molecular weight is 185 g/mol. The molecule has 0 fully saturated rings. The van der Waals surface area contributed by atoms with Crippen molar-refractivity contribution in [3.63, 3.8) is 0 Å². The second kappa shape index (κ2) is 3.22. The van der Waals surface area contributed by atoms with Gasteiger partial charge in [0, 0.05) is 22.8 Å². The van der Waals surface area contributed by atoms with E-state index in [2.05, 4.69) is 4.98 Å². The van der Waals surface area contributed by atoms with E-state index in [-0.39, 0.29) is 5.78 Å². The smallest absolute Gasteiger partial charge is 0.160 e. The molecule has 0 aliphatic carbocycles. The van der Waals surface area contributed by atoms with E-state index in [0.29, 0.717) is 0 Å². The van der Waals surface area contributed by atoms with Gasteiger partial charge in [-0.3, -0.25) is 9.78 Å². The van der Waals surface area contributed by atoms with Crippen molar-refractivity contribution < 1.29 is 4.79 Å². The van der Waals surface area contributed by atoms with Crippen molar-refractivity contribution in [2.45, 2.75) is 13.8 Å². The van der Waals surface area contributed by atoms with Crippen LogP contribution in [0.4, 0.5) is 0 Å². The van der Waals surface area contributed by atoms with Gasteiger partial charge in [0.25, 0.3) is 0 Å². The monoisotopic (exact) mass is 185 g/mol. The summed E-state index contributed by atoms with van der Waals surface area (Å²) in [5.41, 5.74) is 1.67. The lowest BCUT2D eigenvalue weighted by Crippen LogP contribution is -1.96. The number of fused-ring (bicyclic) bond motifs is 1. The third-order valence-electron chi connectivity index (χ3n) is 2.36. The van der Waals surface area contributed by atoms with Gasteiger partial charge in [-0.25, -0.2) is 0 Å². The minimum atomic E-state index is 0.0895. The molecular weight excluding hydrogens is 174 g/mol. The zero-order valence-corrected chi connectivity index (χ0v) is 8.24. The third kappa shape index (κ3) is 1.29. The Morgan fingerprint density at radius 2 is 2.07 bits per heavy atom. The molecule has 1 aromatic carbocycles. The van der Waals surface area contributed by atoms with Crippen LogP contribution in [-0.4, -0.2) is 10.8 Å². The molecule has 0 saturated carbocycles. The molecule has 0 spiro atoms. The summed E-state index contributed by atoms with van der Waals surface area (Å²) in [6, 6.07) is 7.67. The predicted octanol–water partition coefficient (Wildman–Crippen LogP) is 2.75. The molecule has 0 saturated heterocycles. The number of Topliss-reactive ketones (excluding diaryl/α,β-unsaturated/α-hetero) is 1. The highest BCUT2D eigenvalue weighted by Gasteiger charge is 2.07. The van der Waals surface area contributed by atoms with Gasteiger partial charge in [0.05, 0.1) is 0 Å². The molecule has 0 aliphatic heterocycles. The summed E-state index contributed by atoms with van der Waals surface area (Å²) >= 11 is 0. The first-order valence-electron chi connectivity index (χ1n) is 4.55. The number of carbonyl (C=O) groups is 1. The number of ketones is 1. The average Bonchev–Trinajstić information content (AvgIpc) is 2.17. The molecule has 0 radical (unpaired) electrons. The number of pyridine rings is 1. The van der Waals surface area contributed by atoms with Crippen LogP contribution in [-0.2, 0) is 0 Å². The summed E-state index contributed by atoms with van der Waals surface area (Å²) in [6.45, 7) is 3.51. The molecule has 2 rings (SSSR count). The topological polar surface area (TPSA) is 30.0 Å². The quantitative estimate of drug-likeness (QED) is 0.639. The van der Waals surface area contributed by atoms with Crippen LogP contribution in [0.3, 0.4) is 0 Å². The molecule has 0 aliphatic rings. The van der Waals surface area contributed by atoms with Gasteiger partial charge in [-0.15, -0.1) is 0 Å². The summed E-state index contributed by atoms with van der Waals surface area (Å²) in [6.07, 6.45) is 1.77. The van der Waals surface area contributed by atoms with Crippen LogP contribution in [0.5, 0.6) is 0 Å². The second-order valence-corrected chi connectivity index (χ2v) is 3.36. The molecule has 2 nitrogen and oxygen atoms in total. The molecule has 0 amide bonds. The largest absolute Gasteiger partial charge is 0.294 e. The summed E-state index contributed by atoms with van der Waals surface area (Å²) in [5.74, 6) is 0.0895. The zero-order chi connectivity index (χ0) is 10.1. The molecule has 0 unspecified atom stereocenters. The van der Waals surface area contributed by atoms with Crippen molar-refractivity contribution >= 4 is 16.6 Å². The van der Waals surface area contributed by atoms with E-state index >= 15 is 0 Å². The second-order valence-electron chi connectivity index (χ2n) is 3.36. The van der Waals surface area contributed by atoms with Crippen molar-refractivity contribution in [3.05, 3.63) is 41.7 Å². The molecule has 70 valence electrons. The van der Waals surface area contributed by atoms with Crippen molar-refractivity contribution in [2.75, 3.05) is 0 Å². The number of aromatic nitrogens is 1. The van der Waals surface area contributed by atoms with Gasteiger partial charge in [0.1, 0.15) is 0 Å². The summed E-state index contributed by atoms with van der Waals surface area (Å²) < 4.78 is 0. The van der Waals surface area contributed by atoms with E-state index in [1.165, 1.54) is 0 Å². The Hall–Kier alpha value is -1.70. The van der Waals surface area contributed by atoms with Gasteiger partial charge < -0.3 is 0 Å². The lowest BCUT2D eigenvalue weighted by molar-refractivity contribution is 0.101. The number of aryl methyl sites for hydroxylation is 1. The molecule has 1 aromatic heterocycles. The van der Waals surface area contributed by atoms with Crippen molar-refractivity contribution in [2.24, 2.45) is 0 Å². The Bertz CT molecular complexity index is 497. The van der Waals surface area contributed by atoms with Crippen LogP contribution in [0.15, 0.2) is 30.5 Å². The lowest BCUT2D eigenvalue weighted by Gasteiger charge is -2.04. The highest BCUT2D eigenvalue weighted by Crippen LogP contribution is 2.21. The van der Waals surface area contributed by atoms with E-state index < -0.39 is 0 Å². The van der Waals surface area contributed by atoms with Crippen molar-refractivity contribution in [3.8, 4) is 0 Å². The number of benzene rings is 1. The number of carbonyl (C=O) groups excluding carboxylic acids is 1. The van der Waals surface area contributed by atoms with Crippen LogP contribution in [0.25, 0.3) is 10.8 Å².